The fourth-order valence-corrected chi connectivity index (χ4v) is 2.37. The number of nitrogens with zero attached hydrogens (tertiary/aromatic N) is 2. The Hall–Kier alpha value is -1.65. The highest BCUT2D eigenvalue weighted by Gasteiger charge is 2.30. The van der Waals surface area contributed by atoms with Gasteiger partial charge in [-0.25, -0.2) is 0 Å². The predicted molar refractivity (Wildman–Crippen MR) is 83.9 cm³/mol. The van der Waals surface area contributed by atoms with Crippen molar-refractivity contribution in [2.75, 3.05) is 27.3 Å². The molecule has 0 saturated carbocycles. The third-order valence-electron chi connectivity index (χ3n) is 4.20. The molecule has 0 spiro atoms. The van der Waals surface area contributed by atoms with Crippen molar-refractivity contribution < 1.29 is 9.53 Å². The Bertz CT molecular complexity index is 497. The van der Waals surface area contributed by atoms with Crippen LogP contribution in [0.1, 0.15) is 12.5 Å². The normalized spacial score (nSPS) is 16.4. The highest BCUT2D eigenvalue weighted by atomic mass is 16.5. The minimum atomic E-state index is -0.00144. The Morgan fingerprint density at radius 1 is 1.33 bits per heavy atom. The molecule has 1 aliphatic rings. The zero-order valence-corrected chi connectivity index (χ0v) is 13.1. The van der Waals surface area contributed by atoms with Gasteiger partial charge in [-0.05, 0) is 19.5 Å². The molecule has 1 unspecified atom stereocenters. The number of amides is 1. The molecule has 0 N–H and O–H groups in total. The number of likely N-dealkylation sites (N-methyl/N-ethyl adjacent to an activating group) is 2. The summed E-state index contributed by atoms with van der Waals surface area (Å²) in [4.78, 5) is 16.4. The van der Waals surface area contributed by atoms with Crippen LogP contribution in [0, 0.1) is 0 Å². The lowest BCUT2D eigenvalue weighted by Crippen LogP contribution is -2.52. The summed E-state index contributed by atoms with van der Waals surface area (Å²) in [6, 6.07) is 10.4. The molecule has 21 heavy (non-hydrogen) atoms. The van der Waals surface area contributed by atoms with E-state index < -0.39 is 0 Å². The molecule has 0 aliphatic carbocycles. The first-order valence-corrected chi connectivity index (χ1v) is 7.28. The summed E-state index contributed by atoms with van der Waals surface area (Å²) in [5, 5.41) is 0. The number of ether oxygens (including phenoxy) is 1. The van der Waals surface area contributed by atoms with Gasteiger partial charge in [0, 0.05) is 25.2 Å². The molecule has 0 aromatic heterocycles. The lowest BCUT2D eigenvalue weighted by molar-refractivity contribution is -0.127. The highest BCUT2D eigenvalue weighted by Crippen LogP contribution is 2.17. The Kier molecular flexibility index (Phi) is 5.15. The number of hydrogen-bond acceptors (Lipinski definition) is 3. The van der Waals surface area contributed by atoms with Crippen LogP contribution in [-0.4, -0.2) is 55.1 Å². The molecule has 4 heteroatoms. The smallest absolute Gasteiger partial charge is 0.250 e. The second-order valence-corrected chi connectivity index (χ2v) is 5.70. The summed E-state index contributed by atoms with van der Waals surface area (Å²) in [5.41, 5.74) is 1.75. The molecule has 1 aliphatic heterocycles. The van der Waals surface area contributed by atoms with Gasteiger partial charge in [-0.3, -0.25) is 9.69 Å². The summed E-state index contributed by atoms with van der Waals surface area (Å²) in [6.07, 6.45) is 0. The summed E-state index contributed by atoms with van der Waals surface area (Å²) < 4.78 is 5.21. The van der Waals surface area contributed by atoms with Gasteiger partial charge in [-0.15, -0.1) is 0 Å². The molecular weight excluding hydrogens is 264 g/mol. The number of carbonyl (C=O) groups is 1. The molecule has 0 radical (unpaired) electrons. The van der Waals surface area contributed by atoms with Gasteiger partial charge in [0.15, 0.2) is 0 Å². The average molecular weight is 288 g/mol. The fourth-order valence-electron chi connectivity index (χ4n) is 2.37. The number of carbonyl (C=O) groups excluding carboxylic acids is 1. The zero-order valence-electron chi connectivity index (χ0n) is 13.1. The third kappa shape index (κ3) is 3.71. The monoisotopic (exact) mass is 288 g/mol. The SMILES string of the molecule is C=C(C(=O)N(C)Cc1ccccc1)C(C)N(C)C1COC1. The first-order valence-electron chi connectivity index (χ1n) is 7.28. The molecule has 0 bridgehead atoms. The number of rotatable bonds is 6. The molecule has 1 heterocycles. The van der Waals surface area contributed by atoms with Crippen LogP contribution >= 0.6 is 0 Å². The van der Waals surface area contributed by atoms with E-state index in [0.717, 1.165) is 18.8 Å². The Morgan fingerprint density at radius 3 is 2.48 bits per heavy atom. The maximum Gasteiger partial charge on any atom is 0.250 e. The fraction of sp³-hybridized carbons (Fsp3) is 0.471. The van der Waals surface area contributed by atoms with E-state index in [1.165, 1.54) is 0 Å². The van der Waals surface area contributed by atoms with E-state index in [4.69, 9.17) is 4.74 Å². The van der Waals surface area contributed by atoms with E-state index in [2.05, 4.69) is 11.5 Å². The molecule has 114 valence electrons. The van der Waals surface area contributed by atoms with Gasteiger partial charge in [0.05, 0.1) is 19.3 Å². The Morgan fingerprint density at radius 2 is 1.95 bits per heavy atom. The largest absolute Gasteiger partial charge is 0.378 e. The van der Waals surface area contributed by atoms with Crippen molar-refractivity contribution in [1.82, 2.24) is 9.80 Å². The minimum Gasteiger partial charge on any atom is -0.378 e. The third-order valence-corrected chi connectivity index (χ3v) is 4.20. The minimum absolute atomic E-state index is 0.00144. The van der Waals surface area contributed by atoms with Gasteiger partial charge in [-0.2, -0.15) is 0 Å². The van der Waals surface area contributed by atoms with Gasteiger partial charge in [0.1, 0.15) is 0 Å². The van der Waals surface area contributed by atoms with Crippen LogP contribution in [0.2, 0.25) is 0 Å². The summed E-state index contributed by atoms with van der Waals surface area (Å²) >= 11 is 0. The summed E-state index contributed by atoms with van der Waals surface area (Å²) in [7, 11) is 3.84. The molecule has 4 nitrogen and oxygen atoms in total. The first-order chi connectivity index (χ1) is 10.0. The first kappa shape index (κ1) is 15.7. The van der Waals surface area contributed by atoms with Crippen LogP contribution in [0.4, 0.5) is 0 Å². The lowest BCUT2D eigenvalue weighted by atomic mass is 10.0. The van der Waals surface area contributed by atoms with E-state index in [0.29, 0.717) is 18.2 Å². The standard InChI is InChI=1S/C17H24N2O2/c1-13(14(2)19(4)16-11-21-12-16)17(20)18(3)10-15-8-6-5-7-9-15/h5-9,14,16H,1,10-12H2,2-4H3. The van der Waals surface area contributed by atoms with E-state index in [-0.39, 0.29) is 11.9 Å². The van der Waals surface area contributed by atoms with Gasteiger partial charge < -0.3 is 9.64 Å². The van der Waals surface area contributed by atoms with Gasteiger partial charge in [-0.1, -0.05) is 36.9 Å². The maximum absolute atomic E-state index is 12.5. The quantitative estimate of drug-likeness (QED) is 0.750. The van der Waals surface area contributed by atoms with E-state index in [1.807, 2.05) is 51.4 Å². The molecule has 1 fully saturated rings. The molecule has 1 aromatic rings. The van der Waals surface area contributed by atoms with Crippen molar-refractivity contribution in [3.63, 3.8) is 0 Å². The second-order valence-electron chi connectivity index (χ2n) is 5.70. The van der Waals surface area contributed by atoms with Crippen LogP contribution in [0.25, 0.3) is 0 Å². The number of benzene rings is 1. The van der Waals surface area contributed by atoms with Crippen LogP contribution in [0.15, 0.2) is 42.5 Å². The van der Waals surface area contributed by atoms with Gasteiger partial charge >= 0.3 is 0 Å². The van der Waals surface area contributed by atoms with Crippen molar-refractivity contribution in [3.05, 3.63) is 48.0 Å². The van der Waals surface area contributed by atoms with Gasteiger partial charge in [0.2, 0.25) is 0 Å². The Balaban J connectivity index is 1.93. The molecule has 1 amide bonds. The predicted octanol–water partition coefficient (Wildman–Crippen LogP) is 1.92. The van der Waals surface area contributed by atoms with Crippen molar-refractivity contribution in [1.29, 1.82) is 0 Å². The molecular formula is C17H24N2O2. The van der Waals surface area contributed by atoms with Crippen molar-refractivity contribution in [3.8, 4) is 0 Å². The van der Waals surface area contributed by atoms with Crippen LogP contribution in [0.5, 0.6) is 0 Å². The molecule has 1 saturated heterocycles. The summed E-state index contributed by atoms with van der Waals surface area (Å²) in [6.45, 7) is 8.10. The molecule has 1 atom stereocenters. The van der Waals surface area contributed by atoms with Crippen molar-refractivity contribution in [2.45, 2.75) is 25.6 Å². The average Bonchev–Trinajstić information content (AvgIpc) is 2.44. The number of hydrogen-bond donors (Lipinski definition) is 0. The Labute approximate surface area is 127 Å². The van der Waals surface area contributed by atoms with Crippen molar-refractivity contribution in [2.24, 2.45) is 0 Å². The maximum atomic E-state index is 12.5. The van der Waals surface area contributed by atoms with Crippen LogP contribution < -0.4 is 0 Å². The van der Waals surface area contributed by atoms with E-state index in [1.54, 1.807) is 4.90 Å². The van der Waals surface area contributed by atoms with E-state index in [9.17, 15) is 4.79 Å². The molecule has 2 rings (SSSR count). The topological polar surface area (TPSA) is 32.8 Å². The second kappa shape index (κ2) is 6.87. The highest BCUT2D eigenvalue weighted by molar-refractivity contribution is 5.93. The zero-order chi connectivity index (χ0) is 15.4. The van der Waals surface area contributed by atoms with Crippen molar-refractivity contribution >= 4 is 5.91 Å². The molecule has 1 aromatic carbocycles. The van der Waals surface area contributed by atoms with Crippen LogP contribution in [0.3, 0.4) is 0 Å². The summed E-state index contributed by atoms with van der Waals surface area (Å²) in [5.74, 6) is -0.00144. The van der Waals surface area contributed by atoms with E-state index >= 15 is 0 Å². The van der Waals surface area contributed by atoms with Crippen LogP contribution in [-0.2, 0) is 16.1 Å². The lowest BCUT2D eigenvalue weighted by Gasteiger charge is -2.39. The van der Waals surface area contributed by atoms with Gasteiger partial charge in [0.25, 0.3) is 5.91 Å².